The quantitative estimate of drug-likeness (QED) is 0.806. The molecule has 3 nitrogen and oxygen atoms in total. The van der Waals surface area contributed by atoms with Gasteiger partial charge in [0.25, 0.3) is 0 Å². The predicted molar refractivity (Wildman–Crippen MR) is 94.0 cm³/mol. The molecule has 22 heavy (non-hydrogen) atoms. The summed E-state index contributed by atoms with van der Waals surface area (Å²) in [4.78, 5) is 12.3. The normalized spacial score (nSPS) is 11.8. The number of aryl methyl sites for hydroxylation is 1. The van der Waals surface area contributed by atoms with Crippen molar-refractivity contribution in [3.63, 3.8) is 0 Å². The first kappa shape index (κ1) is 16.7. The van der Waals surface area contributed by atoms with Gasteiger partial charge in [-0.1, -0.05) is 48.3 Å². The largest absolute Gasteiger partial charge is 0.374 e. The number of halogens is 2. The second-order valence-corrected chi connectivity index (χ2v) is 5.83. The van der Waals surface area contributed by atoms with Gasteiger partial charge in [-0.15, -0.1) is 0 Å². The zero-order valence-electron chi connectivity index (χ0n) is 12.5. The summed E-state index contributed by atoms with van der Waals surface area (Å²) in [5, 5.41) is 6.99. The van der Waals surface area contributed by atoms with Crippen LogP contribution in [0.2, 0.25) is 10.0 Å². The molecule has 116 valence electrons. The number of nitrogens with one attached hydrogen (secondary N) is 2. The van der Waals surface area contributed by atoms with Crippen molar-refractivity contribution in [2.45, 2.75) is 26.3 Å². The summed E-state index contributed by atoms with van der Waals surface area (Å²) in [6, 6.07) is 12.5. The number of carbonyl (C=O) groups is 1. The van der Waals surface area contributed by atoms with Gasteiger partial charge in [-0.2, -0.15) is 0 Å². The average molecular weight is 337 g/mol. The van der Waals surface area contributed by atoms with Gasteiger partial charge in [-0.3, -0.25) is 4.79 Å². The molecular formula is C17H18Cl2N2O. The van der Waals surface area contributed by atoms with E-state index in [1.807, 2.05) is 31.2 Å². The zero-order valence-corrected chi connectivity index (χ0v) is 14.0. The Morgan fingerprint density at radius 2 is 1.86 bits per heavy atom. The molecule has 0 aliphatic carbocycles. The molecule has 2 N–H and O–H groups in total. The molecule has 2 aromatic carbocycles. The van der Waals surface area contributed by atoms with Crippen molar-refractivity contribution in [1.82, 2.24) is 0 Å². The summed E-state index contributed by atoms with van der Waals surface area (Å²) in [6.45, 7) is 3.89. The number of para-hydroxylation sites is 1. The molecule has 0 fully saturated rings. The van der Waals surface area contributed by atoms with Crippen LogP contribution in [-0.2, 0) is 11.2 Å². The monoisotopic (exact) mass is 336 g/mol. The molecule has 5 heteroatoms. The fourth-order valence-electron chi connectivity index (χ4n) is 2.10. The summed E-state index contributed by atoms with van der Waals surface area (Å²) in [5.74, 6) is -0.157. The van der Waals surface area contributed by atoms with E-state index in [4.69, 9.17) is 23.2 Å². The smallest absolute Gasteiger partial charge is 0.246 e. The Bertz CT molecular complexity index is 673. The van der Waals surface area contributed by atoms with Crippen molar-refractivity contribution >= 4 is 40.5 Å². The average Bonchev–Trinajstić information content (AvgIpc) is 2.50. The Balaban J connectivity index is 2.06. The maximum Gasteiger partial charge on any atom is 0.246 e. The molecule has 0 aliphatic heterocycles. The van der Waals surface area contributed by atoms with Gasteiger partial charge in [-0.05, 0) is 43.2 Å². The first-order valence-corrected chi connectivity index (χ1v) is 7.87. The Kier molecular flexibility index (Phi) is 5.69. The first-order chi connectivity index (χ1) is 10.5. The number of amides is 1. The van der Waals surface area contributed by atoms with E-state index in [0.717, 1.165) is 12.1 Å². The molecule has 0 spiro atoms. The van der Waals surface area contributed by atoms with E-state index in [-0.39, 0.29) is 11.9 Å². The minimum atomic E-state index is -0.389. The van der Waals surface area contributed by atoms with Crippen LogP contribution in [0.4, 0.5) is 11.4 Å². The van der Waals surface area contributed by atoms with Crippen molar-refractivity contribution in [3.8, 4) is 0 Å². The molecular weight excluding hydrogens is 319 g/mol. The number of hydrogen-bond acceptors (Lipinski definition) is 2. The fraction of sp³-hybridized carbons (Fsp3) is 0.235. The summed E-state index contributed by atoms with van der Waals surface area (Å²) in [5.41, 5.74) is 2.69. The van der Waals surface area contributed by atoms with Gasteiger partial charge in [0, 0.05) is 10.7 Å². The second kappa shape index (κ2) is 7.52. The van der Waals surface area contributed by atoms with Crippen LogP contribution in [0.1, 0.15) is 19.4 Å². The van der Waals surface area contributed by atoms with Crippen LogP contribution in [0, 0.1) is 0 Å². The van der Waals surface area contributed by atoms with E-state index < -0.39 is 0 Å². The van der Waals surface area contributed by atoms with E-state index in [0.29, 0.717) is 15.7 Å². The maximum atomic E-state index is 12.3. The number of carbonyl (C=O) groups excluding carboxylic acids is 1. The Hall–Kier alpha value is -1.71. The Labute approximate surface area is 140 Å². The van der Waals surface area contributed by atoms with Gasteiger partial charge in [0.1, 0.15) is 6.04 Å². The lowest BCUT2D eigenvalue weighted by molar-refractivity contribution is -0.116. The zero-order chi connectivity index (χ0) is 16.1. The molecule has 1 atom stereocenters. The minimum Gasteiger partial charge on any atom is -0.374 e. The van der Waals surface area contributed by atoms with Gasteiger partial charge in [0.2, 0.25) is 5.91 Å². The molecule has 0 unspecified atom stereocenters. The molecule has 2 aromatic rings. The minimum absolute atomic E-state index is 0.157. The van der Waals surface area contributed by atoms with E-state index >= 15 is 0 Å². The van der Waals surface area contributed by atoms with Gasteiger partial charge in [-0.25, -0.2) is 0 Å². The Morgan fingerprint density at radius 3 is 2.55 bits per heavy atom. The van der Waals surface area contributed by atoms with Crippen LogP contribution in [-0.4, -0.2) is 11.9 Å². The number of hydrogen-bond donors (Lipinski definition) is 2. The van der Waals surface area contributed by atoms with Crippen LogP contribution >= 0.6 is 23.2 Å². The highest BCUT2D eigenvalue weighted by Gasteiger charge is 2.15. The second-order valence-electron chi connectivity index (χ2n) is 4.99. The highest BCUT2D eigenvalue weighted by Crippen LogP contribution is 2.25. The Morgan fingerprint density at radius 1 is 1.14 bits per heavy atom. The highest BCUT2D eigenvalue weighted by molar-refractivity contribution is 6.36. The molecule has 0 bridgehead atoms. The molecule has 1 amide bonds. The summed E-state index contributed by atoms with van der Waals surface area (Å²) >= 11 is 11.9. The maximum absolute atomic E-state index is 12.3. The molecule has 0 heterocycles. The van der Waals surface area contributed by atoms with Crippen molar-refractivity contribution in [3.05, 3.63) is 58.1 Å². The standard InChI is InChI=1S/C17H18Cl2N2O/c1-3-12-6-4-5-7-15(12)20-11(2)17(22)21-16-9-8-13(18)10-14(16)19/h4-11,20H,3H2,1-2H3,(H,21,22)/t11-/m1/s1. The van der Waals surface area contributed by atoms with Crippen molar-refractivity contribution in [1.29, 1.82) is 0 Å². The predicted octanol–water partition coefficient (Wildman–Crippen LogP) is 4.99. The lowest BCUT2D eigenvalue weighted by Crippen LogP contribution is -2.32. The van der Waals surface area contributed by atoms with Gasteiger partial charge >= 0.3 is 0 Å². The molecule has 0 aromatic heterocycles. The molecule has 2 rings (SSSR count). The van der Waals surface area contributed by atoms with E-state index in [2.05, 4.69) is 17.6 Å². The van der Waals surface area contributed by atoms with Crippen LogP contribution in [0.15, 0.2) is 42.5 Å². The SMILES string of the molecule is CCc1ccccc1N[C@H](C)C(=O)Nc1ccc(Cl)cc1Cl. The van der Waals surface area contributed by atoms with E-state index in [1.54, 1.807) is 18.2 Å². The highest BCUT2D eigenvalue weighted by atomic mass is 35.5. The van der Waals surface area contributed by atoms with Gasteiger partial charge < -0.3 is 10.6 Å². The van der Waals surface area contributed by atoms with E-state index in [9.17, 15) is 4.79 Å². The van der Waals surface area contributed by atoms with Crippen molar-refractivity contribution in [2.24, 2.45) is 0 Å². The van der Waals surface area contributed by atoms with Crippen molar-refractivity contribution in [2.75, 3.05) is 10.6 Å². The van der Waals surface area contributed by atoms with Crippen LogP contribution in [0.25, 0.3) is 0 Å². The van der Waals surface area contributed by atoms with Gasteiger partial charge in [0.15, 0.2) is 0 Å². The molecule has 0 saturated carbocycles. The third kappa shape index (κ3) is 4.15. The number of rotatable bonds is 5. The first-order valence-electron chi connectivity index (χ1n) is 7.11. The van der Waals surface area contributed by atoms with Crippen LogP contribution < -0.4 is 10.6 Å². The summed E-state index contributed by atoms with van der Waals surface area (Å²) < 4.78 is 0. The lowest BCUT2D eigenvalue weighted by atomic mass is 10.1. The molecule has 0 aliphatic rings. The molecule has 0 saturated heterocycles. The lowest BCUT2D eigenvalue weighted by Gasteiger charge is -2.18. The third-order valence-electron chi connectivity index (χ3n) is 3.35. The summed E-state index contributed by atoms with van der Waals surface area (Å²) in [6.07, 6.45) is 0.903. The fourth-order valence-corrected chi connectivity index (χ4v) is 2.56. The van der Waals surface area contributed by atoms with Crippen LogP contribution in [0.3, 0.4) is 0 Å². The topological polar surface area (TPSA) is 41.1 Å². The number of benzene rings is 2. The third-order valence-corrected chi connectivity index (χ3v) is 3.90. The number of anilines is 2. The summed E-state index contributed by atoms with van der Waals surface area (Å²) in [7, 11) is 0. The van der Waals surface area contributed by atoms with Crippen molar-refractivity contribution < 1.29 is 4.79 Å². The van der Waals surface area contributed by atoms with Gasteiger partial charge in [0.05, 0.1) is 10.7 Å². The van der Waals surface area contributed by atoms with Crippen LogP contribution in [0.5, 0.6) is 0 Å². The molecule has 0 radical (unpaired) electrons. The van der Waals surface area contributed by atoms with E-state index in [1.165, 1.54) is 5.56 Å².